The first kappa shape index (κ1) is 21.2. The summed E-state index contributed by atoms with van der Waals surface area (Å²) in [5, 5.41) is 9.35. The molecule has 0 spiro atoms. The van der Waals surface area contributed by atoms with Gasteiger partial charge in [0, 0.05) is 36.8 Å². The van der Waals surface area contributed by atoms with Crippen LogP contribution in [-0.4, -0.2) is 78.0 Å². The van der Waals surface area contributed by atoms with E-state index in [0.717, 1.165) is 44.2 Å². The topological polar surface area (TPSA) is 91.0 Å². The van der Waals surface area contributed by atoms with Gasteiger partial charge < -0.3 is 19.5 Å². The number of thioether (sulfide) groups is 1. The van der Waals surface area contributed by atoms with Crippen molar-refractivity contribution >= 4 is 30.0 Å². The van der Waals surface area contributed by atoms with Crippen LogP contribution in [0.2, 0.25) is 0 Å². The van der Waals surface area contributed by atoms with Crippen molar-refractivity contribution in [3.8, 4) is 0 Å². The molecule has 3 fully saturated rings. The van der Waals surface area contributed by atoms with E-state index in [1.807, 2.05) is 39.5 Å². The second kappa shape index (κ2) is 8.24. The van der Waals surface area contributed by atoms with Crippen LogP contribution in [0.5, 0.6) is 0 Å². The molecule has 3 saturated heterocycles. The fourth-order valence-electron chi connectivity index (χ4n) is 4.84. The van der Waals surface area contributed by atoms with E-state index in [0.29, 0.717) is 0 Å². The summed E-state index contributed by atoms with van der Waals surface area (Å²) in [5.41, 5.74) is 0. The van der Waals surface area contributed by atoms with Gasteiger partial charge in [-0.15, -0.1) is 11.8 Å². The van der Waals surface area contributed by atoms with E-state index < -0.39 is 22.8 Å². The number of β-lactam (4-membered cyclic amide) rings is 1. The Morgan fingerprint density at radius 3 is 2.77 bits per heavy atom. The van der Waals surface area contributed by atoms with Gasteiger partial charge in [0.25, 0.3) is 5.91 Å². The second-order valence-electron chi connectivity index (χ2n) is 9.10. The van der Waals surface area contributed by atoms with Crippen molar-refractivity contribution in [1.29, 1.82) is 0 Å². The number of carboxylic acid groups (broad SMARTS) is 1. The number of aliphatic imine (C=N–C) groups is 1. The largest absolute Gasteiger partial charge is 0.480 e. The maximum absolute atomic E-state index is 12.5. The molecule has 0 saturated carbocycles. The molecule has 9 heteroatoms. The van der Waals surface area contributed by atoms with Gasteiger partial charge in [-0.3, -0.25) is 9.79 Å². The van der Waals surface area contributed by atoms with Crippen molar-refractivity contribution in [3.63, 3.8) is 0 Å². The third-order valence-electron chi connectivity index (χ3n) is 6.62. The number of carboxylic acids is 1. The Morgan fingerprint density at radius 1 is 1.40 bits per heavy atom. The Morgan fingerprint density at radius 2 is 2.13 bits per heavy atom. The molecule has 4 heterocycles. The molecule has 0 radical (unpaired) electrons. The molecule has 3 atom stereocenters. The molecule has 0 aromatic carbocycles. The fourth-order valence-corrected chi connectivity index (χ4v) is 6.46. The monoisotopic (exact) mass is 433 g/mol. The number of amides is 1. The average molecular weight is 434 g/mol. The van der Waals surface area contributed by atoms with E-state index in [9.17, 15) is 14.7 Å². The molecular formula is C21H31N5O3S. The van der Waals surface area contributed by atoms with Crippen LogP contribution in [0.4, 0.5) is 0 Å². The quantitative estimate of drug-likeness (QED) is 0.403. The highest BCUT2D eigenvalue weighted by Crippen LogP contribution is 2.51. The predicted octanol–water partition coefficient (Wildman–Crippen LogP) is 2.23. The number of aryl methyl sites for hydroxylation is 2. The zero-order chi connectivity index (χ0) is 21.5. The van der Waals surface area contributed by atoms with E-state index >= 15 is 0 Å². The average Bonchev–Trinajstić information content (AvgIpc) is 3.21. The molecule has 1 amide bonds. The summed E-state index contributed by atoms with van der Waals surface area (Å²) in [4.78, 5) is 36.6. The van der Waals surface area contributed by atoms with Gasteiger partial charge in [0.15, 0.2) is 6.04 Å². The summed E-state index contributed by atoms with van der Waals surface area (Å²) in [7, 11) is 0. The van der Waals surface area contributed by atoms with Gasteiger partial charge in [-0.05, 0) is 52.4 Å². The lowest BCUT2D eigenvalue weighted by atomic mass is 9.92. The molecule has 1 aromatic heterocycles. The maximum atomic E-state index is 12.5. The molecule has 3 aliphatic heterocycles. The molecular weight excluding hydrogens is 402 g/mol. The summed E-state index contributed by atoms with van der Waals surface area (Å²) >= 11 is 1.55. The molecule has 30 heavy (non-hydrogen) atoms. The first-order valence-electron chi connectivity index (χ1n) is 10.8. The van der Waals surface area contributed by atoms with Crippen LogP contribution < -0.4 is 0 Å². The Bertz CT molecular complexity index is 830. The smallest absolute Gasteiger partial charge is 0.327 e. The van der Waals surface area contributed by atoms with Gasteiger partial charge in [0.05, 0.1) is 6.34 Å². The predicted molar refractivity (Wildman–Crippen MR) is 117 cm³/mol. The number of hydrogen-bond acceptors (Lipinski definition) is 5. The number of carbonyl (C=O) groups excluding carboxylic acids is 1. The Labute approximate surface area is 181 Å². The number of nitrogens with zero attached hydrogens (tertiary/aromatic N) is 5. The highest BCUT2D eigenvalue weighted by Gasteiger charge is 2.63. The SMILES string of the molecule is Cc1nccn1CCCC1CCN(C=NC2C(=O)N3C2SC(C)(C)[C@@H]3C(=O)O)CC1. The normalized spacial score (nSPS) is 28.8. The minimum atomic E-state index is -0.934. The summed E-state index contributed by atoms with van der Waals surface area (Å²) < 4.78 is 1.71. The molecule has 4 rings (SSSR count). The molecule has 1 N–H and O–H groups in total. The lowest BCUT2D eigenvalue weighted by molar-refractivity contribution is -0.158. The zero-order valence-electron chi connectivity index (χ0n) is 17.9. The molecule has 164 valence electrons. The number of imidazole rings is 1. The van der Waals surface area contributed by atoms with Crippen molar-refractivity contribution in [2.45, 2.75) is 75.2 Å². The van der Waals surface area contributed by atoms with Crippen LogP contribution >= 0.6 is 11.8 Å². The van der Waals surface area contributed by atoms with Crippen LogP contribution in [0, 0.1) is 12.8 Å². The summed E-state index contributed by atoms with van der Waals surface area (Å²) in [6, 6.07) is -1.22. The molecule has 3 aliphatic rings. The second-order valence-corrected chi connectivity index (χ2v) is 10.9. The lowest BCUT2D eigenvalue weighted by Gasteiger charge is -2.41. The molecule has 2 unspecified atom stereocenters. The van der Waals surface area contributed by atoms with Crippen molar-refractivity contribution in [2.24, 2.45) is 10.9 Å². The molecule has 1 aromatic rings. The zero-order valence-corrected chi connectivity index (χ0v) is 18.7. The van der Waals surface area contributed by atoms with E-state index in [1.54, 1.807) is 11.8 Å². The third kappa shape index (κ3) is 3.96. The van der Waals surface area contributed by atoms with E-state index in [1.165, 1.54) is 17.7 Å². The van der Waals surface area contributed by atoms with Gasteiger partial charge in [-0.1, -0.05) is 0 Å². The number of aliphatic carboxylic acids is 1. The maximum Gasteiger partial charge on any atom is 0.327 e. The minimum absolute atomic E-state index is 0.158. The summed E-state index contributed by atoms with van der Waals surface area (Å²) in [6.45, 7) is 8.77. The number of fused-ring (bicyclic) bond motifs is 1. The van der Waals surface area contributed by atoms with E-state index in [4.69, 9.17) is 0 Å². The van der Waals surface area contributed by atoms with Gasteiger partial charge in [0.1, 0.15) is 17.2 Å². The number of rotatable bonds is 7. The van der Waals surface area contributed by atoms with E-state index in [2.05, 4.69) is 19.4 Å². The van der Waals surface area contributed by atoms with Crippen molar-refractivity contribution in [1.82, 2.24) is 19.4 Å². The van der Waals surface area contributed by atoms with Crippen molar-refractivity contribution in [3.05, 3.63) is 18.2 Å². The van der Waals surface area contributed by atoms with Gasteiger partial charge in [0.2, 0.25) is 0 Å². The highest BCUT2D eigenvalue weighted by atomic mass is 32.2. The van der Waals surface area contributed by atoms with Crippen LogP contribution in [0.25, 0.3) is 0 Å². The summed E-state index contributed by atoms with van der Waals surface area (Å²) in [6.07, 6.45) is 10.4. The minimum Gasteiger partial charge on any atom is -0.480 e. The van der Waals surface area contributed by atoms with Crippen LogP contribution in [-0.2, 0) is 16.1 Å². The first-order chi connectivity index (χ1) is 14.3. The molecule has 0 bridgehead atoms. The van der Waals surface area contributed by atoms with Crippen LogP contribution in [0.3, 0.4) is 0 Å². The Balaban J connectivity index is 1.22. The molecule has 8 nitrogen and oxygen atoms in total. The van der Waals surface area contributed by atoms with Crippen molar-refractivity contribution < 1.29 is 14.7 Å². The third-order valence-corrected chi connectivity index (χ3v) is 8.18. The van der Waals surface area contributed by atoms with Crippen molar-refractivity contribution in [2.75, 3.05) is 13.1 Å². The fraction of sp³-hybridized carbons (Fsp3) is 0.714. The number of likely N-dealkylation sites (tertiary alicyclic amines) is 1. The number of piperidine rings is 1. The summed E-state index contributed by atoms with van der Waals surface area (Å²) in [5.74, 6) is 0.716. The Hall–Kier alpha value is -2.03. The van der Waals surface area contributed by atoms with Crippen LogP contribution in [0.1, 0.15) is 45.4 Å². The van der Waals surface area contributed by atoms with Gasteiger partial charge in [-0.2, -0.15) is 0 Å². The highest BCUT2D eigenvalue weighted by molar-refractivity contribution is 8.01. The van der Waals surface area contributed by atoms with E-state index in [-0.39, 0.29) is 11.3 Å². The number of carbonyl (C=O) groups is 2. The van der Waals surface area contributed by atoms with Gasteiger partial charge >= 0.3 is 5.97 Å². The number of hydrogen-bond donors (Lipinski definition) is 1. The lowest BCUT2D eigenvalue weighted by Crippen LogP contribution is -2.65. The Kier molecular flexibility index (Phi) is 5.83. The standard InChI is InChI=1S/C21H31N5O3S/c1-14-22-8-12-25(14)9-4-5-15-6-10-24(11-7-15)13-23-16-18(27)26-17(20(28)29)21(2,3)30-19(16)26/h8,12-13,15-17,19H,4-7,9-11H2,1-3H3,(H,28,29)/t16?,17-,19?/m0/s1. The van der Waals surface area contributed by atoms with Gasteiger partial charge in [-0.25, -0.2) is 9.78 Å². The molecule has 0 aliphatic carbocycles. The first-order valence-corrected chi connectivity index (χ1v) is 11.6. The number of aromatic nitrogens is 2. The van der Waals surface area contributed by atoms with Crippen LogP contribution in [0.15, 0.2) is 17.4 Å².